The molecule has 2 aliphatic rings. The van der Waals surface area contributed by atoms with Gasteiger partial charge in [-0.25, -0.2) is 0 Å². The van der Waals surface area contributed by atoms with Crippen LogP contribution in [0.3, 0.4) is 0 Å². The van der Waals surface area contributed by atoms with Gasteiger partial charge in [0.2, 0.25) is 0 Å². The first-order valence-electron chi connectivity index (χ1n) is 10.0. The van der Waals surface area contributed by atoms with Crippen molar-refractivity contribution >= 4 is 5.97 Å². The summed E-state index contributed by atoms with van der Waals surface area (Å²) in [6.45, 7) is 10.2. The molecule has 0 heterocycles. The Balaban J connectivity index is 2.05. The van der Waals surface area contributed by atoms with Crippen LogP contribution in [0.5, 0.6) is 0 Å². The van der Waals surface area contributed by atoms with Gasteiger partial charge in [-0.2, -0.15) is 0 Å². The van der Waals surface area contributed by atoms with Crippen LogP contribution in [0.4, 0.5) is 0 Å². The third kappa shape index (κ3) is 4.36. The lowest BCUT2D eigenvalue weighted by Gasteiger charge is -2.44. The molecule has 1 fully saturated rings. The second kappa shape index (κ2) is 8.07. The predicted molar refractivity (Wildman–Crippen MR) is 102 cm³/mol. The summed E-state index contributed by atoms with van der Waals surface area (Å²) in [5, 5.41) is 10.4. The molecule has 0 radical (unpaired) electrons. The van der Waals surface area contributed by atoms with E-state index < -0.39 is 5.60 Å². The Labute approximate surface area is 153 Å². The molecular weight excluding hydrogens is 312 g/mol. The molecule has 3 nitrogen and oxygen atoms in total. The Bertz CT molecular complexity index is 529. The second-order valence-corrected chi connectivity index (χ2v) is 8.31. The van der Waals surface area contributed by atoms with Gasteiger partial charge in [0.15, 0.2) is 0 Å². The zero-order valence-corrected chi connectivity index (χ0v) is 16.7. The van der Waals surface area contributed by atoms with E-state index in [0.29, 0.717) is 11.8 Å². The summed E-state index contributed by atoms with van der Waals surface area (Å²) in [7, 11) is 0. The maximum atomic E-state index is 11.4. The van der Waals surface area contributed by atoms with Gasteiger partial charge >= 0.3 is 5.97 Å². The Morgan fingerprint density at radius 2 is 2.16 bits per heavy atom. The summed E-state index contributed by atoms with van der Waals surface area (Å²) in [5.74, 6) is 0.729. The van der Waals surface area contributed by atoms with E-state index in [0.717, 1.165) is 38.5 Å². The fourth-order valence-corrected chi connectivity index (χ4v) is 4.95. The third-order valence-electron chi connectivity index (χ3n) is 6.69. The first kappa shape index (κ1) is 20.2. The summed E-state index contributed by atoms with van der Waals surface area (Å²) >= 11 is 0. The molecule has 0 saturated heterocycles. The number of carbonyl (C=O) groups excluding carboxylic acids is 1. The van der Waals surface area contributed by atoms with Gasteiger partial charge in [-0.1, -0.05) is 51.5 Å². The van der Waals surface area contributed by atoms with Crippen molar-refractivity contribution < 1.29 is 14.6 Å². The molecular formula is C22H36O3. The Morgan fingerprint density at radius 3 is 2.76 bits per heavy atom. The SMILES string of the molecule is CCC(O)(/C=C/C[C@H](C)C1=CCC2[C@@H](OC(C)=O)CCC[C@]12C)CC. The molecule has 0 amide bonds. The number of carbonyl (C=O) groups is 1. The van der Waals surface area contributed by atoms with Gasteiger partial charge in [-0.3, -0.25) is 4.79 Å². The highest BCUT2D eigenvalue weighted by Gasteiger charge is 2.49. The predicted octanol–water partition coefficient (Wildman–Crippen LogP) is 5.19. The van der Waals surface area contributed by atoms with Crippen LogP contribution in [-0.2, 0) is 9.53 Å². The van der Waals surface area contributed by atoms with Crippen LogP contribution >= 0.6 is 0 Å². The molecule has 0 bridgehead atoms. The van der Waals surface area contributed by atoms with Crippen LogP contribution < -0.4 is 0 Å². The number of ether oxygens (including phenoxy) is 1. The number of hydrogen-bond donors (Lipinski definition) is 1. The number of allylic oxidation sites excluding steroid dienone is 3. The monoisotopic (exact) mass is 348 g/mol. The zero-order chi connectivity index (χ0) is 18.7. The van der Waals surface area contributed by atoms with E-state index in [4.69, 9.17) is 4.74 Å². The van der Waals surface area contributed by atoms with Crippen molar-refractivity contribution in [3.05, 3.63) is 23.8 Å². The first-order valence-corrected chi connectivity index (χ1v) is 10.0. The highest BCUT2D eigenvalue weighted by atomic mass is 16.5. The minimum absolute atomic E-state index is 0.0676. The average molecular weight is 349 g/mol. The quantitative estimate of drug-likeness (QED) is 0.509. The Hall–Kier alpha value is -1.09. The summed E-state index contributed by atoms with van der Waals surface area (Å²) in [4.78, 5) is 11.4. The average Bonchev–Trinajstić information content (AvgIpc) is 2.92. The molecule has 4 atom stereocenters. The topological polar surface area (TPSA) is 46.5 Å². The Kier molecular flexibility index (Phi) is 6.53. The normalized spacial score (nSPS) is 30.9. The van der Waals surface area contributed by atoms with Crippen LogP contribution in [0.1, 0.15) is 79.6 Å². The van der Waals surface area contributed by atoms with Crippen LogP contribution in [0.25, 0.3) is 0 Å². The van der Waals surface area contributed by atoms with E-state index in [9.17, 15) is 9.90 Å². The maximum absolute atomic E-state index is 11.4. The lowest BCUT2D eigenvalue weighted by Crippen LogP contribution is -2.41. The van der Waals surface area contributed by atoms with Gasteiger partial charge < -0.3 is 9.84 Å². The fourth-order valence-electron chi connectivity index (χ4n) is 4.95. The van der Waals surface area contributed by atoms with Crippen LogP contribution in [0.2, 0.25) is 0 Å². The third-order valence-corrected chi connectivity index (χ3v) is 6.69. The minimum Gasteiger partial charge on any atom is -0.462 e. The number of hydrogen-bond acceptors (Lipinski definition) is 3. The van der Waals surface area contributed by atoms with E-state index in [-0.39, 0.29) is 17.5 Å². The highest BCUT2D eigenvalue weighted by molar-refractivity contribution is 5.66. The van der Waals surface area contributed by atoms with E-state index in [2.05, 4.69) is 26.0 Å². The molecule has 2 aliphatic carbocycles. The number of aliphatic hydroxyl groups is 1. The van der Waals surface area contributed by atoms with E-state index in [1.54, 1.807) is 0 Å². The summed E-state index contributed by atoms with van der Waals surface area (Å²) in [6.07, 6.45) is 13.4. The van der Waals surface area contributed by atoms with Crippen molar-refractivity contribution in [2.75, 3.05) is 0 Å². The number of rotatable bonds is 7. The molecule has 0 aromatic rings. The van der Waals surface area contributed by atoms with E-state index >= 15 is 0 Å². The van der Waals surface area contributed by atoms with Crippen molar-refractivity contribution in [1.82, 2.24) is 0 Å². The van der Waals surface area contributed by atoms with Crippen molar-refractivity contribution in [1.29, 1.82) is 0 Å². The molecule has 25 heavy (non-hydrogen) atoms. The lowest BCUT2D eigenvalue weighted by molar-refractivity contribution is -0.153. The molecule has 1 unspecified atom stereocenters. The van der Waals surface area contributed by atoms with E-state index in [1.165, 1.54) is 18.9 Å². The molecule has 0 aliphatic heterocycles. The van der Waals surface area contributed by atoms with Crippen molar-refractivity contribution in [2.24, 2.45) is 17.3 Å². The molecule has 3 heteroatoms. The summed E-state index contributed by atoms with van der Waals surface area (Å²) in [5.41, 5.74) is 1.01. The van der Waals surface area contributed by atoms with E-state index in [1.807, 2.05) is 19.9 Å². The second-order valence-electron chi connectivity index (χ2n) is 8.31. The van der Waals surface area contributed by atoms with Crippen molar-refractivity contribution in [3.8, 4) is 0 Å². The standard InChI is InChI=1S/C22H36O3/c1-6-22(24,7-2)15-8-10-16(3)18-12-13-19-20(25-17(4)23)11-9-14-21(18,19)5/h8,12,15-16,19-20,24H,6-7,9-11,13-14H2,1-5H3/b15-8+/t16-,19?,20-,21+/m0/s1. The molecule has 1 saturated carbocycles. The minimum atomic E-state index is -0.665. The smallest absolute Gasteiger partial charge is 0.302 e. The van der Waals surface area contributed by atoms with Gasteiger partial charge in [-0.15, -0.1) is 0 Å². The van der Waals surface area contributed by atoms with Gasteiger partial charge in [0.25, 0.3) is 0 Å². The van der Waals surface area contributed by atoms with Gasteiger partial charge in [0.05, 0.1) is 5.60 Å². The van der Waals surface area contributed by atoms with Gasteiger partial charge in [0, 0.05) is 12.8 Å². The highest BCUT2D eigenvalue weighted by Crippen LogP contribution is 2.55. The Morgan fingerprint density at radius 1 is 1.48 bits per heavy atom. The van der Waals surface area contributed by atoms with Gasteiger partial charge in [-0.05, 0) is 56.3 Å². The fraction of sp³-hybridized carbons (Fsp3) is 0.773. The number of fused-ring (bicyclic) bond motifs is 1. The van der Waals surface area contributed by atoms with Crippen LogP contribution in [0, 0.1) is 17.3 Å². The molecule has 2 rings (SSSR count). The summed E-state index contributed by atoms with van der Waals surface area (Å²) in [6, 6.07) is 0. The largest absolute Gasteiger partial charge is 0.462 e. The van der Waals surface area contributed by atoms with Gasteiger partial charge in [0.1, 0.15) is 6.10 Å². The van der Waals surface area contributed by atoms with Crippen LogP contribution in [-0.4, -0.2) is 22.8 Å². The number of esters is 1. The van der Waals surface area contributed by atoms with Crippen molar-refractivity contribution in [3.63, 3.8) is 0 Å². The molecule has 142 valence electrons. The maximum Gasteiger partial charge on any atom is 0.302 e. The molecule has 1 N–H and O–H groups in total. The van der Waals surface area contributed by atoms with Crippen molar-refractivity contribution in [2.45, 2.75) is 91.3 Å². The lowest BCUT2D eigenvalue weighted by atomic mass is 9.63. The molecule has 0 aromatic carbocycles. The summed E-state index contributed by atoms with van der Waals surface area (Å²) < 4.78 is 5.63. The first-order chi connectivity index (χ1) is 11.8. The van der Waals surface area contributed by atoms with Crippen LogP contribution in [0.15, 0.2) is 23.8 Å². The molecule has 0 aromatic heterocycles. The zero-order valence-electron chi connectivity index (χ0n) is 16.7. The molecule has 0 spiro atoms.